The molecule has 2 aromatic carbocycles. The number of hydrogen-bond donors (Lipinski definition) is 1. The number of thiocarbonyl (C=S) groups is 1. The molecule has 0 spiro atoms. The largest absolute Gasteiger partial charge is 0.335 e. The van der Waals surface area contributed by atoms with E-state index in [1.54, 1.807) is 12.3 Å². The van der Waals surface area contributed by atoms with Crippen molar-refractivity contribution in [2.75, 3.05) is 4.90 Å². The van der Waals surface area contributed by atoms with E-state index in [9.17, 15) is 14.0 Å². The Kier molecular flexibility index (Phi) is 4.71. The minimum absolute atomic E-state index is 0.0995. The third-order valence-electron chi connectivity index (χ3n) is 4.55. The highest BCUT2D eigenvalue weighted by molar-refractivity contribution is 7.80. The zero-order valence-electron chi connectivity index (χ0n) is 15.1. The lowest BCUT2D eigenvalue weighted by Crippen LogP contribution is -2.54. The lowest BCUT2D eigenvalue weighted by Gasteiger charge is -2.28. The number of carbonyl (C=O) groups is 2. The first-order chi connectivity index (χ1) is 14.0. The number of halogens is 1. The summed E-state index contributed by atoms with van der Waals surface area (Å²) in [7, 11) is 0. The summed E-state index contributed by atoms with van der Waals surface area (Å²) in [6.07, 6.45) is 8.73. The lowest BCUT2D eigenvalue weighted by molar-refractivity contribution is -0.122. The van der Waals surface area contributed by atoms with E-state index in [4.69, 9.17) is 18.6 Å². The molecule has 0 saturated carbocycles. The van der Waals surface area contributed by atoms with Gasteiger partial charge in [0.05, 0.1) is 12.2 Å². The highest BCUT2D eigenvalue weighted by atomic mass is 32.1. The molecule has 3 aromatic rings. The molecule has 0 radical (unpaired) electrons. The van der Waals surface area contributed by atoms with Gasteiger partial charge < -0.3 is 4.57 Å². The Bertz CT molecular complexity index is 1250. The van der Waals surface area contributed by atoms with Gasteiger partial charge in [0.1, 0.15) is 11.4 Å². The number of nitrogens with one attached hydrogen (secondary N) is 1. The second-order valence-electron chi connectivity index (χ2n) is 6.37. The van der Waals surface area contributed by atoms with Crippen molar-refractivity contribution in [1.29, 1.82) is 0 Å². The fourth-order valence-electron chi connectivity index (χ4n) is 3.28. The normalized spacial score (nSPS) is 15.7. The van der Waals surface area contributed by atoms with E-state index in [0.717, 1.165) is 15.8 Å². The Hall–Kier alpha value is -3.76. The highest BCUT2D eigenvalue weighted by Crippen LogP contribution is 2.26. The third-order valence-corrected chi connectivity index (χ3v) is 4.83. The number of para-hydroxylation sites is 1. The van der Waals surface area contributed by atoms with Crippen molar-refractivity contribution in [3.63, 3.8) is 0 Å². The summed E-state index contributed by atoms with van der Waals surface area (Å²) in [5.74, 6) is 0.833. The maximum Gasteiger partial charge on any atom is 0.270 e. The SMILES string of the molecule is C#CCn1cc(/C=C2\C(=O)NC(=S)N(c3cccc(F)c3)C2=O)c2ccccc21. The van der Waals surface area contributed by atoms with Crippen LogP contribution in [0.1, 0.15) is 5.56 Å². The van der Waals surface area contributed by atoms with Crippen molar-refractivity contribution in [3.8, 4) is 12.3 Å². The number of fused-ring (bicyclic) bond motifs is 1. The average Bonchev–Trinajstić information content (AvgIpc) is 3.03. The monoisotopic (exact) mass is 403 g/mol. The molecule has 1 aromatic heterocycles. The summed E-state index contributed by atoms with van der Waals surface area (Å²) < 4.78 is 15.5. The Labute approximate surface area is 171 Å². The van der Waals surface area contributed by atoms with Crippen LogP contribution < -0.4 is 10.2 Å². The molecule has 5 nitrogen and oxygen atoms in total. The topological polar surface area (TPSA) is 54.3 Å². The Morgan fingerprint density at radius 1 is 1.17 bits per heavy atom. The van der Waals surface area contributed by atoms with Gasteiger partial charge in [-0.15, -0.1) is 6.42 Å². The predicted molar refractivity (Wildman–Crippen MR) is 113 cm³/mol. The fourth-order valence-corrected chi connectivity index (χ4v) is 3.56. The van der Waals surface area contributed by atoms with Gasteiger partial charge in [0, 0.05) is 22.7 Å². The molecule has 0 unspecified atom stereocenters. The van der Waals surface area contributed by atoms with Gasteiger partial charge in [0.25, 0.3) is 11.8 Å². The van der Waals surface area contributed by atoms with E-state index in [1.165, 1.54) is 24.3 Å². The van der Waals surface area contributed by atoms with Gasteiger partial charge in [-0.1, -0.05) is 30.2 Å². The van der Waals surface area contributed by atoms with Crippen LogP contribution in [0.3, 0.4) is 0 Å². The molecule has 1 aliphatic rings. The number of rotatable bonds is 3. The Morgan fingerprint density at radius 3 is 2.72 bits per heavy atom. The zero-order chi connectivity index (χ0) is 20.5. The van der Waals surface area contributed by atoms with Crippen molar-refractivity contribution < 1.29 is 14.0 Å². The van der Waals surface area contributed by atoms with Gasteiger partial charge >= 0.3 is 0 Å². The quantitative estimate of drug-likeness (QED) is 0.316. The van der Waals surface area contributed by atoms with E-state index in [1.807, 2.05) is 28.8 Å². The first-order valence-corrected chi connectivity index (χ1v) is 9.09. The van der Waals surface area contributed by atoms with Crippen molar-refractivity contribution in [2.24, 2.45) is 0 Å². The van der Waals surface area contributed by atoms with Crippen LogP contribution in [-0.4, -0.2) is 21.5 Å². The number of aromatic nitrogens is 1. The van der Waals surface area contributed by atoms with E-state index in [-0.39, 0.29) is 16.4 Å². The minimum atomic E-state index is -0.627. The number of hydrogen-bond acceptors (Lipinski definition) is 3. The molecule has 1 aliphatic heterocycles. The molecule has 142 valence electrons. The third kappa shape index (κ3) is 3.30. The minimum Gasteiger partial charge on any atom is -0.335 e. The summed E-state index contributed by atoms with van der Waals surface area (Å²) in [6, 6.07) is 13.0. The molecule has 1 fully saturated rings. The molecule has 2 heterocycles. The maximum atomic E-state index is 13.6. The van der Waals surface area contributed by atoms with Gasteiger partial charge in [0.2, 0.25) is 0 Å². The standard InChI is InChI=1S/C22H14FN3O2S/c1-2-10-25-13-14(17-8-3-4-9-19(17)25)11-18-20(27)24-22(29)26(21(18)28)16-7-5-6-15(23)12-16/h1,3-9,11-13H,10H2,(H,24,27,29)/b18-11+. The molecule has 29 heavy (non-hydrogen) atoms. The molecule has 4 rings (SSSR count). The van der Waals surface area contributed by atoms with E-state index >= 15 is 0 Å². The van der Waals surface area contributed by atoms with Crippen LogP contribution in [-0.2, 0) is 16.1 Å². The lowest BCUT2D eigenvalue weighted by atomic mass is 10.1. The van der Waals surface area contributed by atoms with E-state index in [0.29, 0.717) is 12.1 Å². The highest BCUT2D eigenvalue weighted by Gasteiger charge is 2.34. The molecule has 2 amide bonds. The number of benzene rings is 2. The first-order valence-electron chi connectivity index (χ1n) is 8.68. The smallest absolute Gasteiger partial charge is 0.270 e. The van der Waals surface area contributed by atoms with Crippen molar-refractivity contribution in [3.05, 3.63) is 71.7 Å². The van der Waals surface area contributed by atoms with Crippen LogP contribution >= 0.6 is 12.2 Å². The predicted octanol–water partition coefficient (Wildman–Crippen LogP) is 3.24. The summed E-state index contributed by atoms with van der Waals surface area (Å²) in [5, 5.41) is 3.24. The summed E-state index contributed by atoms with van der Waals surface area (Å²) in [6.45, 7) is 0.351. The number of anilines is 1. The van der Waals surface area contributed by atoms with Crippen LogP contribution in [0.5, 0.6) is 0 Å². The van der Waals surface area contributed by atoms with Crippen molar-refractivity contribution in [2.45, 2.75) is 6.54 Å². The Balaban J connectivity index is 1.82. The van der Waals surface area contributed by atoms with Gasteiger partial charge in [-0.2, -0.15) is 0 Å². The maximum absolute atomic E-state index is 13.6. The van der Waals surface area contributed by atoms with Gasteiger partial charge in [0.15, 0.2) is 5.11 Å². The number of amides is 2. The molecular weight excluding hydrogens is 389 g/mol. The van der Waals surface area contributed by atoms with Crippen molar-refractivity contribution in [1.82, 2.24) is 9.88 Å². The molecule has 0 aliphatic carbocycles. The van der Waals surface area contributed by atoms with Crippen LogP contribution in [0.4, 0.5) is 10.1 Å². The van der Waals surface area contributed by atoms with Gasteiger partial charge in [-0.05, 0) is 42.6 Å². The van der Waals surface area contributed by atoms with E-state index in [2.05, 4.69) is 11.2 Å². The van der Waals surface area contributed by atoms with Crippen molar-refractivity contribution >= 4 is 51.8 Å². The summed E-state index contributed by atoms with van der Waals surface area (Å²) in [5.41, 5.74) is 1.69. The Morgan fingerprint density at radius 2 is 1.97 bits per heavy atom. The van der Waals surface area contributed by atoms with Gasteiger partial charge in [-0.25, -0.2) is 4.39 Å². The zero-order valence-corrected chi connectivity index (χ0v) is 15.9. The average molecular weight is 403 g/mol. The second kappa shape index (κ2) is 7.34. The molecule has 1 saturated heterocycles. The fraction of sp³-hybridized carbons (Fsp3) is 0.0455. The first kappa shape index (κ1) is 18.6. The van der Waals surface area contributed by atoms with Crippen LogP contribution in [0.15, 0.2) is 60.3 Å². The van der Waals surface area contributed by atoms with Crippen LogP contribution in [0, 0.1) is 18.2 Å². The molecular formula is C22H14FN3O2S. The number of terminal acetylenes is 1. The van der Waals surface area contributed by atoms with Crippen LogP contribution in [0.25, 0.3) is 17.0 Å². The molecule has 0 bridgehead atoms. The summed E-state index contributed by atoms with van der Waals surface area (Å²) >= 11 is 5.14. The number of carbonyl (C=O) groups excluding carboxylic acids is 2. The second-order valence-corrected chi connectivity index (χ2v) is 6.76. The molecule has 1 N–H and O–H groups in total. The van der Waals surface area contributed by atoms with Gasteiger partial charge in [-0.3, -0.25) is 19.8 Å². The number of nitrogens with zero attached hydrogens (tertiary/aromatic N) is 2. The van der Waals surface area contributed by atoms with E-state index < -0.39 is 17.6 Å². The van der Waals surface area contributed by atoms with Crippen LogP contribution in [0.2, 0.25) is 0 Å². The molecule has 0 atom stereocenters. The molecule has 7 heteroatoms. The summed E-state index contributed by atoms with van der Waals surface area (Å²) in [4.78, 5) is 26.7.